The van der Waals surface area contributed by atoms with Crippen molar-refractivity contribution in [3.05, 3.63) is 41.8 Å². The molecule has 2 rings (SSSR count). The van der Waals surface area contributed by atoms with E-state index in [2.05, 4.69) is 4.98 Å². The lowest BCUT2D eigenvalue weighted by Crippen LogP contribution is -1.87. The average Bonchev–Trinajstić information content (AvgIpc) is 2.27. The first kappa shape index (κ1) is 10.6. The van der Waals surface area contributed by atoms with E-state index in [4.69, 9.17) is 0 Å². The molecule has 0 amide bonds. The van der Waals surface area contributed by atoms with Gasteiger partial charge >= 0.3 is 0 Å². The molecule has 0 bridgehead atoms. The minimum absolute atomic E-state index is 0.166. The molecule has 0 radical (unpaired) electrons. The van der Waals surface area contributed by atoms with Crippen LogP contribution in [0.1, 0.15) is 19.4 Å². The van der Waals surface area contributed by atoms with Gasteiger partial charge in [-0.3, -0.25) is 4.98 Å². The molecule has 2 heteroatoms. The number of hydrogen-bond donors (Lipinski definition) is 0. The van der Waals surface area contributed by atoms with Crippen LogP contribution < -0.4 is 0 Å². The normalized spacial score (nSPS) is 9.43. The molecule has 1 nitrogen and oxygen atoms in total. The van der Waals surface area contributed by atoms with Gasteiger partial charge in [0.1, 0.15) is 5.82 Å². The van der Waals surface area contributed by atoms with Crippen molar-refractivity contribution in [3.63, 3.8) is 0 Å². The SMILES string of the molecule is CC.Cc1cnc2ccccc2c1F. The minimum Gasteiger partial charge on any atom is -0.256 e. The maximum Gasteiger partial charge on any atom is 0.137 e. The van der Waals surface area contributed by atoms with Gasteiger partial charge in [0.25, 0.3) is 0 Å². The Balaban J connectivity index is 0.000000461. The van der Waals surface area contributed by atoms with Crippen LogP contribution in [0.5, 0.6) is 0 Å². The quantitative estimate of drug-likeness (QED) is 0.618. The molecule has 0 aliphatic heterocycles. The van der Waals surface area contributed by atoms with Gasteiger partial charge in [-0.25, -0.2) is 4.39 Å². The lowest BCUT2D eigenvalue weighted by molar-refractivity contribution is 0.629. The fraction of sp³-hybridized carbons (Fsp3) is 0.250. The summed E-state index contributed by atoms with van der Waals surface area (Å²) in [6.45, 7) is 5.72. The molecule has 0 N–H and O–H groups in total. The van der Waals surface area contributed by atoms with Gasteiger partial charge in [0.05, 0.1) is 5.52 Å². The van der Waals surface area contributed by atoms with Crippen LogP contribution in [-0.2, 0) is 0 Å². The molecule has 0 fully saturated rings. The molecule has 14 heavy (non-hydrogen) atoms. The Kier molecular flexibility index (Phi) is 3.57. The second-order valence-corrected chi connectivity index (χ2v) is 2.77. The van der Waals surface area contributed by atoms with Crippen LogP contribution in [0.2, 0.25) is 0 Å². The van der Waals surface area contributed by atoms with Crippen LogP contribution in [-0.4, -0.2) is 4.98 Å². The van der Waals surface area contributed by atoms with Gasteiger partial charge in [-0.15, -0.1) is 0 Å². The maximum atomic E-state index is 13.4. The van der Waals surface area contributed by atoms with Crippen LogP contribution in [0.25, 0.3) is 10.9 Å². The molecule has 74 valence electrons. The highest BCUT2D eigenvalue weighted by Crippen LogP contribution is 2.17. The monoisotopic (exact) mass is 191 g/mol. The van der Waals surface area contributed by atoms with Crippen molar-refractivity contribution in [3.8, 4) is 0 Å². The zero-order valence-corrected chi connectivity index (χ0v) is 8.71. The summed E-state index contributed by atoms with van der Waals surface area (Å²) in [5.74, 6) is -0.166. The summed E-state index contributed by atoms with van der Waals surface area (Å²) in [6.07, 6.45) is 1.55. The van der Waals surface area contributed by atoms with E-state index in [0.717, 1.165) is 0 Å². The number of benzene rings is 1. The number of rotatable bonds is 0. The van der Waals surface area contributed by atoms with E-state index < -0.39 is 0 Å². The van der Waals surface area contributed by atoms with E-state index in [0.29, 0.717) is 16.5 Å². The fourth-order valence-electron chi connectivity index (χ4n) is 1.21. The Labute approximate surface area is 83.6 Å². The van der Waals surface area contributed by atoms with Crippen molar-refractivity contribution in [1.82, 2.24) is 4.98 Å². The molecule has 0 saturated carbocycles. The topological polar surface area (TPSA) is 12.9 Å². The second-order valence-electron chi connectivity index (χ2n) is 2.77. The maximum absolute atomic E-state index is 13.4. The van der Waals surface area contributed by atoms with Crippen LogP contribution in [0.4, 0.5) is 4.39 Å². The van der Waals surface area contributed by atoms with Gasteiger partial charge < -0.3 is 0 Å². The van der Waals surface area contributed by atoms with Crippen LogP contribution in [0.3, 0.4) is 0 Å². The number of aryl methyl sites for hydroxylation is 1. The van der Waals surface area contributed by atoms with Crippen molar-refractivity contribution in [2.75, 3.05) is 0 Å². The third kappa shape index (κ3) is 1.90. The Morgan fingerprint density at radius 2 is 1.79 bits per heavy atom. The highest BCUT2D eigenvalue weighted by Gasteiger charge is 2.02. The van der Waals surface area contributed by atoms with E-state index >= 15 is 0 Å². The summed E-state index contributed by atoms with van der Waals surface area (Å²) in [7, 11) is 0. The predicted octanol–water partition coefficient (Wildman–Crippen LogP) is 3.71. The van der Waals surface area contributed by atoms with Gasteiger partial charge in [0, 0.05) is 17.1 Å². The highest BCUT2D eigenvalue weighted by atomic mass is 19.1. The summed E-state index contributed by atoms with van der Waals surface area (Å²) in [4.78, 5) is 4.10. The summed E-state index contributed by atoms with van der Waals surface area (Å²) in [6, 6.07) is 7.21. The molecule has 1 aromatic carbocycles. The highest BCUT2D eigenvalue weighted by molar-refractivity contribution is 5.79. The molecule has 0 atom stereocenters. The Morgan fingerprint density at radius 3 is 2.50 bits per heavy atom. The van der Waals surface area contributed by atoms with Gasteiger partial charge in [0.15, 0.2) is 0 Å². The predicted molar refractivity (Wildman–Crippen MR) is 57.8 cm³/mol. The van der Waals surface area contributed by atoms with E-state index in [9.17, 15) is 4.39 Å². The summed E-state index contributed by atoms with van der Waals surface area (Å²) in [5.41, 5.74) is 1.30. The second kappa shape index (κ2) is 4.70. The molecule has 0 saturated heterocycles. The number of aromatic nitrogens is 1. The van der Waals surface area contributed by atoms with Gasteiger partial charge in [-0.1, -0.05) is 26.0 Å². The number of pyridine rings is 1. The first-order valence-corrected chi connectivity index (χ1v) is 4.79. The molecule has 0 spiro atoms. The third-order valence-corrected chi connectivity index (χ3v) is 1.88. The van der Waals surface area contributed by atoms with Crippen molar-refractivity contribution in [2.24, 2.45) is 0 Å². The lowest BCUT2D eigenvalue weighted by Gasteiger charge is -1.99. The average molecular weight is 191 g/mol. The van der Waals surface area contributed by atoms with Crippen molar-refractivity contribution in [2.45, 2.75) is 20.8 Å². The zero-order chi connectivity index (χ0) is 10.6. The first-order chi connectivity index (χ1) is 6.79. The number of para-hydroxylation sites is 1. The Bertz CT molecular complexity index is 424. The molecule has 0 unspecified atom stereocenters. The number of nitrogens with zero attached hydrogens (tertiary/aromatic N) is 1. The number of hydrogen-bond acceptors (Lipinski definition) is 1. The molecule has 1 aromatic heterocycles. The molecule has 0 aliphatic carbocycles. The van der Waals surface area contributed by atoms with Crippen LogP contribution >= 0.6 is 0 Å². The molecular formula is C12H14FN. The van der Waals surface area contributed by atoms with Gasteiger partial charge in [0.2, 0.25) is 0 Å². The smallest absolute Gasteiger partial charge is 0.137 e. The first-order valence-electron chi connectivity index (χ1n) is 4.79. The summed E-state index contributed by atoms with van der Waals surface area (Å²) < 4.78 is 13.4. The van der Waals surface area contributed by atoms with E-state index in [-0.39, 0.29) is 5.82 Å². The Morgan fingerprint density at radius 1 is 1.14 bits per heavy atom. The molecule has 0 aliphatic rings. The molecule has 1 heterocycles. The zero-order valence-electron chi connectivity index (χ0n) is 8.71. The van der Waals surface area contributed by atoms with E-state index in [1.807, 2.05) is 26.0 Å². The van der Waals surface area contributed by atoms with Crippen molar-refractivity contribution >= 4 is 10.9 Å². The molecule has 2 aromatic rings. The molecular weight excluding hydrogens is 177 g/mol. The van der Waals surface area contributed by atoms with Crippen LogP contribution in [0.15, 0.2) is 30.5 Å². The minimum atomic E-state index is -0.166. The Hall–Kier alpha value is -1.44. The lowest BCUT2D eigenvalue weighted by atomic mass is 10.1. The fourth-order valence-corrected chi connectivity index (χ4v) is 1.21. The van der Waals surface area contributed by atoms with Gasteiger partial charge in [-0.2, -0.15) is 0 Å². The summed E-state index contributed by atoms with van der Waals surface area (Å²) >= 11 is 0. The van der Waals surface area contributed by atoms with Crippen molar-refractivity contribution in [1.29, 1.82) is 0 Å². The van der Waals surface area contributed by atoms with E-state index in [1.165, 1.54) is 0 Å². The largest absolute Gasteiger partial charge is 0.256 e. The summed E-state index contributed by atoms with van der Waals surface area (Å²) in [5, 5.41) is 0.595. The number of halogens is 1. The van der Waals surface area contributed by atoms with E-state index in [1.54, 1.807) is 25.3 Å². The standard InChI is InChI=1S/C10H8FN.C2H6/c1-7-6-12-9-5-3-2-4-8(9)10(7)11;1-2/h2-6H,1H3;1-2H3. The number of fused-ring (bicyclic) bond motifs is 1. The van der Waals surface area contributed by atoms with Gasteiger partial charge in [-0.05, 0) is 19.1 Å². The third-order valence-electron chi connectivity index (χ3n) is 1.88. The van der Waals surface area contributed by atoms with Crippen LogP contribution in [0, 0.1) is 12.7 Å². The van der Waals surface area contributed by atoms with Crippen molar-refractivity contribution < 1.29 is 4.39 Å².